The smallest absolute Gasteiger partial charge is 0.340 e. The number of nitrogens with one attached hydrogen (secondary N) is 1. The molecule has 0 aliphatic carbocycles. The molecule has 126 valence electrons. The van der Waals surface area contributed by atoms with Crippen molar-refractivity contribution in [3.05, 3.63) is 46.4 Å². The molecule has 5 nitrogen and oxygen atoms in total. The zero-order valence-electron chi connectivity index (χ0n) is 12.8. The van der Waals surface area contributed by atoms with Crippen LogP contribution in [0.4, 0.5) is 24.7 Å². The van der Waals surface area contributed by atoms with Gasteiger partial charge in [-0.25, -0.2) is 4.98 Å². The van der Waals surface area contributed by atoms with E-state index in [2.05, 4.69) is 20.4 Å². The van der Waals surface area contributed by atoms with E-state index in [0.717, 1.165) is 17.3 Å². The lowest BCUT2D eigenvalue weighted by atomic mass is 10.1. The van der Waals surface area contributed by atoms with Gasteiger partial charge in [-0.05, 0) is 31.5 Å². The fourth-order valence-corrected chi connectivity index (χ4v) is 2.72. The summed E-state index contributed by atoms with van der Waals surface area (Å²) in [6.45, 7) is 3.75. The van der Waals surface area contributed by atoms with E-state index in [0.29, 0.717) is 18.0 Å². The van der Waals surface area contributed by atoms with Gasteiger partial charge in [-0.15, -0.1) is 0 Å². The SMILES string of the molecule is CCc1c(C)nc2ncnn2c1Nc1ccc(Cl)c(C(F)(F)F)c1. The molecule has 0 bridgehead atoms. The molecular weight excluding hydrogens is 343 g/mol. The van der Waals surface area contributed by atoms with Crippen LogP contribution in [0.25, 0.3) is 5.78 Å². The third kappa shape index (κ3) is 2.89. The number of nitrogens with zero attached hydrogens (tertiary/aromatic N) is 4. The first-order chi connectivity index (χ1) is 11.3. The highest BCUT2D eigenvalue weighted by Gasteiger charge is 2.33. The molecule has 3 rings (SSSR count). The number of aryl methyl sites for hydroxylation is 1. The fraction of sp³-hybridized carbons (Fsp3) is 0.267. The lowest BCUT2D eigenvalue weighted by molar-refractivity contribution is -0.137. The Morgan fingerprint density at radius 2 is 2.04 bits per heavy atom. The molecule has 9 heteroatoms. The summed E-state index contributed by atoms with van der Waals surface area (Å²) < 4.78 is 40.6. The summed E-state index contributed by atoms with van der Waals surface area (Å²) in [5.74, 6) is 0.908. The van der Waals surface area contributed by atoms with E-state index < -0.39 is 11.7 Å². The molecule has 24 heavy (non-hydrogen) atoms. The van der Waals surface area contributed by atoms with Gasteiger partial charge in [0.1, 0.15) is 12.1 Å². The normalized spacial score (nSPS) is 11.9. The van der Waals surface area contributed by atoms with Crippen LogP contribution < -0.4 is 5.32 Å². The lowest BCUT2D eigenvalue weighted by Gasteiger charge is -2.16. The van der Waals surface area contributed by atoms with Crippen molar-refractivity contribution < 1.29 is 13.2 Å². The highest BCUT2D eigenvalue weighted by molar-refractivity contribution is 6.31. The number of benzene rings is 1. The van der Waals surface area contributed by atoms with Crippen LogP contribution in [0.2, 0.25) is 5.02 Å². The van der Waals surface area contributed by atoms with Gasteiger partial charge >= 0.3 is 6.18 Å². The van der Waals surface area contributed by atoms with Crippen LogP contribution in [0.5, 0.6) is 0 Å². The van der Waals surface area contributed by atoms with Crippen LogP contribution >= 0.6 is 11.6 Å². The molecule has 0 fully saturated rings. The fourth-order valence-electron chi connectivity index (χ4n) is 2.49. The standard InChI is InChI=1S/C15H13ClF3N5/c1-3-10-8(2)22-14-20-7-21-24(14)13(10)23-9-4-5-12(16)11(6-9)15(17,18)19/h4-7,23H,3H2,1-2H3. The third-order valence-electron chi connectivity index (χ3n) is 3.62. The zero-order valence-corrected chi connectivity index (χ0v) is 13.6. The summed E-state index contributed by atoms with van der Waals surface area (Å²) in [6, 6.07) is 3.67. The van der Waals surface area contributed by atoms with Gasteiger partial charge in [0.15, 0.2) is 0 Å². The molecule has 2 heterocycles. The Bertz CT molecular complexity index is 904. The number of hydrogen-bond acceptors (Lipinski definition) is 4. The molecule has 2 aromatic heterocycles. The van der Waals surface area contributed by atoms with Crippen LogP contribution in [-0.4, -0.2) is 19.6 Å². The van der Waals surface area contributed by atoms with Gasteiger partial charge in [-0.2, -0.15) is 27.8 Å². The predicted molar refractivity (Wildman–Crippen MR) is 84.6 cm³/mol. The number of hydrogen-bond donors (Lipinski definition) is 1. The first-order valence-electron chi connectivity index (χ1n) is 7.14. The third-order valence-corrected chi connectivity index (χ3v) is 3.95. The second-order valence-corrected chi connectivity index (χ2v) is 5.57. The molecule has 0 amide bonds. The minimum Gasteiger partial charge on any atom is -0.340 e. The Morgan fingerprint density at radius 3 is 2.71 bits per heavy atom. The Balaban J connectivity index is 2.12. The van der Waals surface area contributed by atoms with E-state index in [1.54, 1.807) is 0 Å². The molecular formula is C15H13ClF3N5. The van der Waals surface area contributed by atoms with Crippen molar-refractivity contribution in [1.29, 1.82) is 0 Å². The summed E-state index contributed by atoms with van der Waals surface area (Å²) in [5.41, 5.74) is 0.943. The molecule has 1 aromatic carbocycles. The second-order valence-electron chi connectivity index (χ2n) is 5.17. The second kappa shape index (κ2) is 5.94. The molecule has 0 aliphatic heterocycles. The van der Waals surface area contributed by atoms with Crippen LogP contribution in [0.1, 0.15) is 23.7 Å². The molecule has 0 unspecified atom stereocenters. The van der Waals surface area contributed by atoms with Crippen LogP contribution in [0, 0.1) is 6.92 Å². The van der Waals surface area contributed by atoms with Crippen molar-refractivity contribution in [1.82, 2.24) is 19.6 Å². The number of halogens is 4. The maximum atomic E-state index is 13.0. The first kappa shape index (κ1) is 16.5. The van der Waals surface area contributed by atoms with Crippen molar-refractivity contribution in [2.24, 2.45) is 0 Å². The van der Waals surface area contributed by atoms with Gasteiger partial charge < -0.3 is 5.32 Å². The number of alkyl halides is 3. The van der Waals surface area contributed by atoms with E-state index in [-0.39, 0.29) is 10.7 Å². The number of aromatic nitrogens is 4. The number of rotatable bonds is 3. The van der Waals surface area contributed by atoms with Gasteiger partial charge in [0, 0.05) is 16.9 Å². The topological polar surface area (TPSA) is 55.1 Å². The van der Waals surface area contributed by atoms with Gasteiger partial charge in [-0.3, -0.25) is 0 Å². The first-order valence-corrected chi connectivity index (χ1v) is 7.52. The zero-order chi connectivity index (χ0) is 17.5. The van der Waals surface area contributed by atoms with Gasteiger partial charge in [-0.1, -0.05) is 18.5 Å². The van der Waals surface area contributed by atoms with E-state index in [1.807, 2.05) is 13.8 Å². The number of fused-ring (bicyclic) bond motifs is 1. The summed E-state index contributed by atoms with van der Waals surface area (Å²) in [7, 11) is 0. The van der Waals surface area contributed by atoms with Crippen molar-refractivity contribution in [2.45, 2.75) is 26.4 Å². The molecule has 3 aromatic rings. The minimum absolute atomic E-state index is 0.254. The highest BCUT2D eigenvalue weighted by atomic mass is 35.5. The Labute approximate surface area is 140 Å². The van der Waals surface area contributed by atoms with E-state index in [9.17, 15) is 13.2 Å². The average Bonchev–Trinajstić information content (AvgIpc) is 2.96. The summed E-state index contributed by atoms with van der Waals surface area (Å²) in [5, 5.41) is 6.73. The molecule has 1 N–H and O–H groups in total. The molecule has 0 spiro atoms. The minimum atomic E-state index is -4.53. The predicted octanol–water partition coefficient (Wildman–Crippen LogP) is 4.41. The average molecular weight is 356 g/mol. The molecule has 0 saturated carbocycles. The van der Waals surface area contributed by atoms with Crippen LogP contribution in [0.15, 0.2) is 24.5 Å². The van der Waals surface area contributed by atoms with Gasteiger partial charge in [0.05, 0.1) is 10.6 Å². The van der Waals surface area contributed by atoms with Gasteiger partial charge in [0.2, 0.25) is 0 Å². The van der Waals surface area contributed by atoms with E-state index in [4.69, 9.17) is 11.6 Å². The van der Waals surface area contributed by atoms with Crippen molar-refractivity contribution in [2.75, 3.05) is 5.32 Å². The van der Waals surface area contributed by atoms with Crippen molar-refractivity contribution in [3.63, 3.8) is 0 Å². The largest absolute Gasteiger partial charge is 0.417 e. The van der Waals surface area contributed by atoms with Crippen LogP contribution in [0.3, 0.4) is 0 Å². The Morgan fingerprint density at radius 1 is 1.29 bits per heavy atom. The lowest BCUT2D eigenvalue weighted by Crippen LogP contribution is -2.10. The molecule has 0 aliphatic rings. The van der Waals surface area contributed by atoms with Gasteiger partial charge in [0.25, 0.3) is 5.78 Å². The quantitative estimate of drug-likeness (QED) is 0.756. The number of anilines is 2. The van der Waals surface area contributed by atoms with Crippen molar-refractivity contribution in [3.8, 4) is 0 Å². The molecule has 0 saturated heterocycles. The Kier molecular flexibility index (Phi) is 4.08. The van der Waals surface area contributed by atoms with Crippen molar-refractivity contribution >= 4 is 28.9 Å². The van der Waals surface area contributed by atoms with Crippen LogP contribution in [-0.2, 0) is 12.6 Å². The molecule has 0 atom stereocenters. The highest BCUT2D eigenvalue weighted by Crippen LogP contribution is 2.37. The summed E-state index contributed by atoms with van der Waals surface area (Å²) in [6.07, 6.45) is -2.55. The maximum absolute atomic E-state index is 13.0. The maximum Gasteiger partial charge on any atom is 0.417 e. The monoisotopic (exact) mass is 355 g/mol. The summed E-state index contributed by atoms with van der Waals surface area (Å²) in [4.78, 5) is 8.36. The molecule has 0 radical (unpaired) electrons. The summed E-state index contributed by atoms with van der Waals surface area (Å²) >= 11 is 5.66. The van der Waals surface area contributed by atoms with E-state index in [1.165, 1.54) is 23.0 Å². The van der Waals surface area contributed by atoms with E-state index >= 15 is 0 Å². The Hall–Kier alpha value is -2.35.